The normalized spacial score (nSPS) is 14.9. The van der Waals surface area contributed by atoms with Gasteiger partial charge in [0.1, 0.15) is 12.4 Å². The molecule has 0 spiro atoms. The summed E-state index contributed by atoms with van der Waals surface area (Å²) in [6.07, 6.45) is 8.41. The van der Waals surface area contributed by atoms with Crippen LogP contribution in [0.15, 0.2) is 53.7 Å². The zero-order chi connectivity index (χ0) is 20.9. The minimum atomic E-state index is 0. The van der Waals surface area contributed by atoms with Crippen molar-refractivity contribution in [2.45, 2.75) is 45.3 Å². The Morgan fingerprint density at radius 3 is 2.48 bits per heavy atom. The molecule has 170 valence electrons. The Labute approximate surface area is 203 Å². The number of guanidine groups is 1. The summed E-state index contributed by atoms with van der Waals surface area (Å²) < 4.78 is 5.79. The van der Waals surface area contributed by atoms with E-state index >= 15 is 0 Å². The lowest BCUT2D eigenvalue weighted by Gasteiger charge is -2.20. The predicted octanol–water partition coefficient (Wildman–Crippen LogP) is 4.21. The third kappa shape index (κ3) is 9.86. The third-order valence-electron chi connectivity index (χ3n) is 5.36. The maximum absolute atomic E-state index is 5.79. The van der Waals surface area contributed by atoms with E-state index in [0.717, 1.165) is 36.9 Å². The smallest absolute Gasteiger partial charge is 0.191 e. The molecule has 2 heterocycles. The summed E-state index contributed by atoms with van der Waals surface area (Å²) in [6.45, 7) is 5.84. The Kier molecular flexibility index (Phi) is 12.3. The van der Waals surface area contributed by atoms with Gasteiger partial charge < -0.3 is 20.3 Å². The predicted molar refractivity (Wildman–Crippen MR) is 138 cm³/mol. The number of rotatable bonds is 9. The number of hydrogen-bond donors (Lipinski definition) is 2. The van der Waals surface area contributed by atoms with Gasteiger partial charge in [-0.3, -0.25) is 9.98 Å². The second kappa shape index (κ2) is 15.0. The highest BCUT2D eigenvalue weighted by atomic mass is 127. The summed E-state index contributed by atoms with van der Waals surface area (Å²) in [5, 5.41) is 6.81. The highest BCUT2D eigenvalue weighted by Crippen LogP contribution is 2.14. The molecule has 1 aromatic carbocycles. The van der Waals surface area contributed by atoms with Gasteiger partial charge in [0.05, 0.1) is 5.69 Å². The Bertz CT molecular complexity index is 746. The Hall–Kier alpha value is -1.87. The van der Waals surface area contributed by atoms with Gasteiger partial charge >= 0.3 is 0 Å². The molecule has 2 aromatic rings. The van der Waals surface area contributed by atoms with Crippen molar-refractivity contribution in [3.05, 3.63) is 59.9 Å². The number of pyridine rings is 1. The van der Waals surface area contributed by atoms with Crippen molar-refractivity contribution in [3.63, 3.8) is 0 Å². The third-order valence-corrected chi connectivity index (χ3v) is 5.36. The average Bonchev–Trinajstić information content (AvgIpc) is 3.07. The minimum absolute atomic E-state index is 0. The molecule has 0 bridgehead atoms. The van der Waals surface area contributed by atoms with E-state index in [1.54, 1.807) is 6.20 Å². The molecule has 0 unspecified atom stereocenters. The van der Waals surface area contributed by atoms with Gasteiger partial charge in [-0.25, -0.2) is 0 Å². The summed E-state index contributed by atoms with van der Waals surface area (Å²) >= 11 is 0. The largest absolute Gasteiger partial charge is 0.487 e. The molecule has 0 aliphatic carbocycles. The van der Waals surface area contributed by atoms with Crippen LogP contribution < -0.4 is 15.4 Å². The fourth-order valence-corrected chi connectivity index (χ4v) is 3.62. The number of aromatic nitrogens is 1. The number of nitrogens with one attached hydrogen (secondary N) is 2. The molecule has 2 N–H and O–H groups in total. The molecule has 1 saturated heterocycles. The maximum atomic E-state index is 5.79. The van der Waals surface area contributed by atoms with Gasteiger partial charge in [0.15, 0.2) is 5.96 Å². The van der Waals surface area contributed by atoms with Crippen LogP contribution in [-0.4, -0.2) is 49.1 Å². The number of ether oxygens (including phenoxy) is 1. The topological polar surface area (TPSA) is 61.8 Å². The zero-order valence-electron chi connectivity index (χ0n) is 18.6. The second-order valence-electron chi connectivity index (χ2n) is 7.72. The van der Waals surface area contributed by atoms with Crippen LogP contribution in [0.3, 0.4) is 0 Å². The van der Waals surface area contributed by atoms with Crippen LogP contribution in [0.4, 0.5) is 0 Å². The highest BCUT2D eigenvalue weighted by molar-refractivity contribution is 14.0. The van der Waals surface area contributed by atoms with Crippen molar-refractivity contribution in [2.24, 2.45) is 4.99 Å². The lowest BCUT2D eigenvalue weighted by molar-refractivity contribution is 0.282. The number of nitrogens with zero attached hydrogens (tertiary/aromatic N) is 3. The van der Waals surface area contributed by atoms with E-state index in [9.17, 15) is 0 Å². The number of likely N-dealkylation sites (tertiary alicyclic amines) is 1. The first kappa shape index (κ1) is 25.4. The molecule has 7 heteroatoms. The molecule has 0 atom stereocenters. The van der Waals surface area contributed by atoms with Crippen molar-refractivity contribution in [1.29, 1.82) is 0 Å². The summed E-state index contributed by atoms with van der Waals surface area (Å²) in [7, 11) is 1.82. The van der Waals surface area contributed by atoms with E-state index < -0.39 is 0 Å². The van der Waals surface area contributed by atoms with Crippen molar-refractivity contribution in [3.8, 4) is 5.75 Å². The Balaban J connectivity index is 0.00000341. The molecule has 1 fully saturated rings. The molecular weight excluding hydrogens is 501 g/mol. The summed E-state index contributed by atoms with van der Waals surface area (Å²) in [4.78, 5) is 11.2. The van der Waals surface area contributed by atoms with Gasteiger partial charge in [0.2, 0.25) is 0 Å². The number of hydrogen-bond acceptors (Lipinski definition) is 4. The van der Waals surface area contributed by atoms with Gasteiger partial charge in [-0.15, -0.1) is 24.0 Å². The second-order valence-corrected chi connectivity index (χ2v) is 7.72. The first-order chi connectivity index (χ1) is 14.8. The van der Waals surface area contributed by atoms with E-state index in [4.69, 9.17) is 4.74 Å². The van der Waals surface area contributed by atoms with E-state index in [1.807, 2.05) is 37.4 Å². The van der Waals surface area contributed by atoms with Crippen LogP contribution in [0.2, 0.25) is 0 Å². The lowest BCUT2D eigenvalue weighted by Crippen LogP contribution is -2.38. The molecule has 0 radical (unpaired) electrons. The van der Waals surface area contributed by atoms with Gasteiger partial charge in [-0.1, -0.05) is 31.0 Å². The molecule has 0 saturated carbocycles. The van der Waals surface area contributed by atoms with Crippen molar-refractivity contribution in [1.82, 2.24) is 20.5 Å². The molecule has 31 heavy (non-hydrogen) atoms. The molecule has 6 nitrogen and oxygen atoms in total. The molecule has 1 aliphatic rings. The molecule has 3 rings (SSSR count). The molecular formula is C24H36IN5O. The number of aliphatic imine (C=N–C) groups is 1. The molecule has 0 amide bonds. The number of benzene rings is 1. The van der Waals surface area contributed by atoms with Crippen molar-refractivity contribution >= 4 is 29.9 Å². The monoisotopic (exact) mass is 537 g/mol. The number of halogens is 1. The Morgan fingerprint density at radius 2 is 1.81 bits per heavy atom. The lowest BCUT2D eigenvalue weighted by atomic mass is 10.2. The summed E-state index contributed by atoms with van der Waals surface area (Å²) in [6, 6.07) is 14.0. The average molecular weight is 537 g/mol. The van der Waals surface area contributed by atoms with Gasteiger partial charge in [-0.05, 0) is 68.7 Å². The fraction of sp³-hybridized carbons (Fsp3) is 0.500. The van der Waals surface area contributed by atoms with Gasteiger partial charge in [-0.2, -0.15) is 0 Å². The summed E-state index contributed by atoms with van der Waals surface area (Å²) in [5.74, 6) is 1.70. The van der Waals surface area contributed by atoms with Crippen LogP contribution in [0.5, 0.6) is 5.75 Å². The van der Waals surface area contributed by atoms with E-state index in [1.165, 1.54) is 50.9 Å². The van der Waals surface area contributed by atoms with Crippen molar-refractivity contribution in [2.75, 3.05) is 33.2 Å². The quantitative estimate of drug-likeness (QED) is 0.217. The fourth-order valence-electron chi connectivity index (χ4n) is 3.62. The first-order valence-corrected chi connectivity index (χ1v) is 11.1. The SMILES string of the molecule is CN=C(NCCCN1CCCCCC1)NCc1ccc(OCc2ccccn2)cc1.I. The zero-order valence-corrected chi connectivity index (χ0v) is 20.9. The molecule has 1 aromatic heterocycles. The van der Waals surface area contributed by atoms with Crippen LogP contribution in [0.1, 0.15) is 43.4 Å². The van der Waals surface area contributed by atoms with Crippen LogP contribution in [-0.2, 0) is 13.2 Å². The van der Waals surface area contributed by atoms with Crippen LogP contribution >= 0.6 is 24.0 Å². The van der Waals surface area contributed by atoms with Gasteiger partial charge in [0, 0.05) is 26.3 Å². The van der Waals surface area contributed by atoms with Gasteiger partial charge in [0.25, 0.3) is 0 Å². The Morgan fingerprint density at radius 1 is 1.03 bits per heavy atom. The van der Waals surface area contributed by atoms with Crippen LogP contribution in [0, 0.1) is 0 Å². The highest BCUT2D eigenvalue weighted by Gasteiger charge is 2.08. The van der Waals surface area contributed by atoms with E-state index in [0.29, 0.717) is 6.61 Å². The van der Waals surface area contributed by atoms with Crippen LogP contribution in [0.25, 0.3) is 0 Å². The van der Waals surface area contributed by atoms with E-state index in [2.05, 4.69) is 37.6 Å². The van der Waals surface area contributed by atoms with E-state index in [-0.39, 0.29) is 24.0 Å². The summed E-state index contributed by atoms with van der Waals surface area (Å²) in [5.41, 5.74) is 2.11. The standard InChI is InChI=1S/C24H35N5O.HI/c1-25-24(27-15-8-18-29-16-6-2-3-7-17-29)28-19-21-10-12-23(13-11-21)30-20-22-9-4-5-14-26-22;/h4-5,9-14H,2-3,6-8,15-20H2,1H3,(H2,25,27,28);1H. The molecule has 1 aliphatic heterocycles. The van der Waals surface area contributed by atoms with Crippen molar-refractivity contribution < 1.29 is 4.74 Å². The maximum Gasteiger partial charge on any atom is 0.191 e. The first-order valence-electron chi connectivity index (χ1n) is 11.1. The minimum Gasteiger partial charge on any atom is -0.487 e.